The second kappa shape index (κ2) is 10.6. The van der Waals surface area contributed by atoms with Gasteiger partial charge in [0.1, 0.15) is 0 Å². The molecular formula is C22H22N4O2Pt. The summed E-state index contributed by atoms with van der Waals surface area (Å²) in [5, 5.41) is 0. The van der Waals surface area contributed by atoms with Crippen LogP contribution in [0.25, 0.3) is 22.5 Å². The molecule has 6 nitrogen and oxygen atoms in total. The zero-order valence-electron chi connectivity index (χ0n) is 16.7. The monoisotopic (exact) mass is 569 g/mol. The molecule has 0 unspecified atom stereocenters. The maximum atomic E-state index is 5.23. The van der Waals surface area contributed by atoms with Crippen molar-refractivity contribution in [3.05, 3.63) is 73.6 Å². The summed E-state index contributed by atoms with van der Waals surface area (Å²) in [6.45, 7) is 0. The first-order valence-electron chi connectivity index (χ1n) is 8.68. The summed E-state index contributed by atoms with van der Waals surface area (Å²) in [5.74, 6) is 1.59. The van der Waals surface area contributed by atoms with Crippen LogP contribution in [0.1, 0.15) is 0 Å². The average Bonchev–Trinajstić information content (AvgIpc) is 3.36. The van der Waals surface area contributed by atoms with Crippen LogP contribution in [0.4, 0.5) is 0 Å². The maximum Gasteiger partial charge on any atom is 2.00 e. The Kier molecular flexibility index (Phi) is 8.22. The van der Waals surface area contributed by atoms with E-state index in [4.69, 9.17) is 9.47 Å². The van der Waals surface area contributed by atoms with Gasteiger partial charge in [-0.05, 0) is 12.4 Å². The Hall–Kier alpha value is -2.85. The zero-order valence-corrected chi connectivity index (χ0v) is 19.0. The Morgan fingerprint density at radius 1 is 0.759 bits per heavy atom. The molecule has 0 amide bonds. The number of ether oxygens (including phenoxy) is 2. The van der Waals surface area contributed by atoms with Crippen molar-refractivity contribution in [1.29, 1.82) is 0 Å². The number of nitrogens with zero attached hydrogens (tertiary/aromatic N) is 4. The molecule has 4 rings (SSSR count). The number of hydrogen-bond donors (Lipinski definition) is 0. The van der Waals surface area contributed by atoms with E-state index in [0.717, 1.165) is 34.0 Å². The predicted octanol–water partition coefficient (Wildman–Crippen LogP) is 3.79. The van der Waals surface area contributed by atoms with Crippen LogP contribution in [0.3, 0.4) is 0 Å². The van der Waals surface area contributed by atoms with E-state index in [-0.39, 0.29) is 21.1 Å². The molecule has 0 saturated heterocycles. The third kappa shape index (κ3) is 5.58. The SMILES string of the molecule is COc1ccc[c-]c1-c1cn(C)cn1.COc1ccc[c-]c1-c1cn(C)cn1.[Pt+2]. The molecule has 0 radical (unpaired) electrons. The molecule has 2 heterocycles. The zero-order chi connectivity index (χ0) is 19.9. The predicted molar refractivity (Wildman–Crippen MR) is 108 cm³/mol. The fourth-order valence-electron chi connectivity index (χ4n) is 2.67. The van der Waals surface area contributed by atoms with Crippen molar-refractivity contribution in [1.82, 2.24) is 19.1 Å². The van der Waals surface area contributed by atoms with E-state index in [9.17, 15) is 0 Å². The van der Waals surface area contributed by atoms with Gasteiger partial charge in [0.05, 0.1) is 26.9 Å². The second-order valence-corrected chi connectivity index (χ2v) is 6.08. The number of benzene rings is 2. The Labute approximate surface area is 185 Å². The quantitative estimate of drug-likeness (QED) is 0.351. The van der Waals surface area contributed by atoms with Gasteiger partial charge >= 0.3 is 21.1 Å². The van der Waals surface area contributed by atoms with Crippen molar-refractivity contribution in [2.24, 2.45) is 14.1 Å². The van der Waals surface area contributed by atoms with Crippen molar-refractivity contribution in [2.75, 3.05) is 14.2 Å². The largest absolute Gasteiger partial charge is 2.00 e. The standard InChI is InChI=1S/2C11H11N2O.Pt/c2*1-13-7-10(12-8-13)9-5-3-4-6-11(9)14-2;/h2*3-4,6-8H,1-2H3;/q2*-1;+2. The van der Waals surface area contributed by atoms with Crippen LogP contribution in [0, 0.1) is 12.1 Å². The topological polar surface area (TPSA) is 54.1 Å². The number of imidazole rings is 2. The summed E-state index contributed by atoms with van der Waals surface area (Å²) in [7, 11) is 7.17. The molecule has 0 N–H and O–H groups in total. The number of hydrogen-bond acceptors (Lipinski definition) is 4. The third-order valence-electron chi connectivity index (χ3n) is 4.00. The van der Waals surface area contributed by atoms with E-state index >= 15 is 0 Å². The fraction of sp³-hybridized carbons (Fsp3) is 0.182. The summed E-state index contributed by atoms with van der Waals surface area (Å²) < 4.78 is 14.3. The molecule has 0 aliphatic heterocycles. The van der Waals surface area contributed by atoms with Crippen molar-refractivity contribution >= 4 is 0 Å². The summed E-state index contributed by atoms with van der Waals surface area (Å²) in [6.07, 6.45) is 7.40. The van der Waals surface area contributed by atoms with E-state index in [1.54, 1.807) is 26.9 Å². The van der Waals surface area contributed by atoms with Crippen LogP contribution >= 0.6 is 0 Å². The first-order chi connectivity index (χ1) is 13.6. The first-order valence-corrected chi connectivity index (χ1v) is 8.68. The van der Waals surface area contributed by atoms with Gasteiger partial charge in [-0.25, -0.2) is 0 Å². The third-order valence-corrected chi connectivity index (χ3v) is 4.00. The van der Waals surface area contributed by atoms with Gasteiger partial charge in [0.15, 0.2) is 0 Å². The van der Waals surface area contributed by atoms with E-state index < -0.39 is 0 Å². The van der Waals surface area contributed by atoms with Gasteiger partial charge in [0.25, 0.3) is 0 Å². The molecule has 0 fully saturated rings. The maximum absolute atomic E-state index is 5.23. The van der Waals surface area contributed by atoms with Crippen LogP contribution in [0.2, 0.25) is 0 Å². The Morgan fingerprint density at radius 2 is 1.17 bits per heavy atom. The van der Waals surface area contributed by atoms with E-state index in [2.05, 4.69) is 22.1 Å². The molecule has 0 aliphatic carbocycles. The Morgan fingerprint density at radius 3 is 1.48 bits per heavy atom. The van der Waals surface area contributed by atoms with Crippen LogP contribution < -0.4 is 9.47 Å². The Balaban J connectivity index is 0.000000200. The minimum absolute atomic E-state index is 0. The van der Waals surface area contributed by atoms with E-state index in [0.29, 0.717) is 0 Å². The van der Waals surface area contributed by atoms with Gasteiger partial charge in [0, 0.05) is 37.0 Å². The molecule has 0 spiro atoms. The molecule has 0 atom stereocenters. The number of methoxy groups -OCH3 is 2. The number of aromatic nitrogens is 4. The second-order valence-electron chi connectivity index (χ2n) is 6.08. The fourth-order valence-corrected chi connectivity index (χ4v) is 2.67. The van der Waals surface area contributed by atoms with Gasteiger partial charge in [-0.3, -0.25) is 9.97 Å². The Bertz CT molecular complexity index is 959. The number of aryl methyl sites for hydroxylation is 2. The molecule has 0 aliphatic rings. The molecule has 0 bridgehead atoms. The smallest absolute Gasteiger partial charge is 0.540 e. The summed E-state index contributed by atoms with van der Waals surface area (Å²) >= 11 is 0. The molecule has 152 valence electrons. The summed E-state index contributed by atoms with van der Waals surface area (Å²) in [6, 6.07) is 17.5. The van der Waals surface area contributed by atoms with Gasteiger partial charge in [-0.1, -0.05) is 11.1 Å². The van der Waals surface area contributed by atoms with Crippen molar-refractivity contribution in [3.8, 4) is 34.0 Å². The molecule has 4 aromatic rings. The van der Waals surface area contributed by atoms with Crippen LogP contribution in [0.15, 0.2) is 61.4 Å². The molecule has 7 heteroatoms. The molecule has 0 saturated carbocycles. The van der Waals surface area contributed by atoms with Crippen molar-refractivity contribution in [3.63, 3.8) is 0 Å². The van der Waals surface area contributed by atoms with Crippen LogP contribution in [-0.4, -0.2) is 33.3 Å². The summed E-state index contributed by atoms with van der Waals surface area (Å²) in [5.41, 5.74) is 3.56. The van der Waals surface area contributed by atoms with E-state index in [1.165, 1.54) is 0 Å². The van der Waals surface area contributed by atoms with Crippen LogP contribution in [0.5, 0.6) is 11.5 Å². The van der Waals surface area contributed by atoms with Gasteiger partial charge < -0.3 is 18.6 Å². The number of rotatable bonds is 4. The first kappa shape index (κ1) is 22.4. The van der Waals surface area contributed by atoms with Crippen LogP contribution in [-0.2, 0) is 35.2 Å². The molecule has 2 aromatic carbocycles. The molecule has 2 aromatic heterocycles. The molecular weight excluding hydrogens is 547 g/mol. The minimum Gasteiger partial charge on any atom is -0.540 e. The van der Waals surface area contributed by atoms with Crippen molar-refractivity contribution < 1.29 is 30.5 Å². The molecule has 29 heavy (non-hydrogen) atoms. The van der Waals surface area contributed by atoms with Crippen molar-refractivity contribution in [2.45, 2.75) is 0 Å². The van der Waals surface area contributed by atoms with Gasteiger partial charge in [-0.15, -0.1) is 48.5 Å². The van der Waals surface area contributed by atoms with Gasteiger partial charge in [-0.2, -0.15) is 0 Å². The summed E-state index contributed by atoms with van der Waals surface area (Å²) in [4.78, 5) is 8.49. The van der Waals surface area contributed by atoms with E-state index in [1.807, 2.05) is 72.0 Å². The average molecular weight is 570 g/mol. The van der Waals surface area contributed by atoms with Gasteiger partial charge in [0.2, 0.25) is 0 Å². The normalized spacial score (nSPS) is 9.79. The minimum atomic E-state index is 0.